The molecule has 1 aromatic heterocycles. The minimum absolute atomic E-state index is 0.0301. The van der Waals surface area contributed by atoms with Crippen LogP contribution in [0.2, 0.25) is 0 Å². The monoisotopic (exact) mass is 150 g/mol. The van der Waals surface area contributed by atoms with Gasteiger partial charge >= 0.3 is 0 Å². The first-order valence-corrected chi connectivity index (χ1v) is 3.04. The number of ether oxygens (including phenoxy) is 1. The van der Waals surface area contributed by atoms with Gasteiger partial charge in [-0.25, -0.2) is 0 Å². The molecule has 0 radical (unpaired) electrons. The molecular formula is C5H4F2OS. The van der Waals surface area contributed by atoms with Crippen LogP contribution >= 0.6 is 11.3 Å². The number of thiophene rings is 1. The van der Waals surface area contributed by atoms with E-state index < -0.39 is 10.3 Å². The molecule has 0 fully saturated rings. The molecule has 50 valence electrons. The standard InChI is InChI=1S/C5H4F2OS/c1-8-3-2-4(6)9-5(3)7/h2H,1H3. The fourth-order valence-electron chi connectivity index (χ4n) is 0.464. The zero-order chi connectivity index (χ0) is 6.85. The Morgan fingerprint density at radius 1 is 1.56 bits per heavy atom. The van der Waals surface area contributed by atoms with Gasteiger partial charge < -0.3 is 4.74 Å². The number of hydrogen-bond acceptors (Lipinski definition) is 2. The van der Waals surface area contributed by atoms with Crippen LogP contribution in [0.25, 0.3) is 0 Å². The largest absolute Gasteiger partial charge is 0.493 e. The molecule has 0 spiro atoms. The highest BCUT2D eigenvalue weighted by atomic mass is 32.1. The van der Waals surface area contributed by atoms with Crippen molar-refractivity contribution >= 4 is 11.3 Å². The molecule has 0 bridgehead atoms. The summed E-state index contributed by atoms with van der Waals surface area (Å²) in [5.41, 5.74) is 0. The molecule has 0 unspecified atom stereocenters. The highest BCUT2D eigenvalue weighted by Crippen LogP contribution is 2.25. The molecule has 0 saturated heterocycles. The van der Waals surface area contributed by atoms with Crippen molar-refractivity contribution in [3.05, 3.63) is 16.3 Å². The van der Waals surface area contributed by atoms with Gasteiger partial charge in [-0.3, -0.25) is 0 Å². The second-order valence-electron chi connectivity index (χ2n) is 1.39. The second-order valence-corrected chi connectivity index (χ2v) is 2.35. The SMILES string of the molecule is COc1cc(F)sc1F. The van der Waals surface area contributed by atoms with Gasteiger partial charge in [0.1, 0.15) is 0 Å². The number of rotatable bonds is 1. The summed E-state index contributed by atoms with van der Waals surface area (Å²) in [5, 5.41) is -1.18. The summed E-state index contributed by atoms with van der Waals surface area (Å²) >= 11 is 0.435. The zero-order valence-electron chi connectivity index (χ0n) is 4.65. The third-order valence-electron chi connectivity index (χ3n) is 0.845. The van der Waals surface area contributed by atoms with Crippen LogP contribution in [0.4, 0.5) is 8.78 Å². The van der Waals surface area contributed by atoms with Crippen molar-refractivity contribution in [3.8, 4) is 5.75 Å². The molecule has 4 heteroatoms. The maximum Gasteiger partial charge on any atom is 0.221 e. The highest BCUT2D eigenvalue weighted by Gasteiger charge is 2.06. The van der Waals surface area contributed by atoms with Gasteiger partial charge in [0.2, 0.25) is 5.13 Å². The van der Waals surface area contributed by atoms with Gasteiger partial charge in [0.25, 0.3) is 0 Å². The summed E-state index contributed by atoms with van der Waals surface area (Å²) in [6.07, 6.45) is 0. The smallest absolute Gasteiger partial charge is 0.221 e. The van der Waals surface area contributed by atoms with Crippen molar-refractivity contribution in [1.82, 2.24) is 0 Å². The Labute approximate surface area is 54.9 Å². The molecular weight excluding hydrogens is 146 g/mol. The lowest BCUT2D eigenvalue weighted by Gasteiger charge is -1.89. The Kier molecular flexibility index (Phi) is 1.66. The molecule has 0 saturated carbocycles. The van der Waals surface area contributed by atoms with Gasteiger partial charge in [-0.1, -0.05) is 11.3 Å². The molecule has 1 heterocycles. The number of hydrogen-bond donors (Lipinski definition) is 0. The van der Waals surface area contributed by atoms with E-state index in [1.807, 2.05) is 0 Å². The molecule has 0 aromatic carbocycles. The van der Waals surface area contributed by atoms with Crippen LogP contribution in [-0.4, -0.2) is 7.11 Å². The van der Waals surface area contributed by atoms with Crippen LogP contribution in [-0.2, 0) is 0 Å². The molecule has 0 aliphatic rings. The third kappa shape index (κ3) is 1.18. The van der Waals surface area contributed by atoms with E-state index in [-0.39, 0.29) is 5.75 Å². The van der Waals surface area contributed by atoms with Crippen molar-refractivity contribution in [2.75, 3.05) is 7.11 Å². The average Bonchev–Trinajstić information content (AvgIpc) is 2.10. The van der Waals surface area contributed by atoms with Crippen LogP contribution in [0, 0.1) is 10.3 Å². The normalized spacial score (nSPS) is 9.67. The molecule has 0 N–H and O–H groups in total. The summed E-state index contributed by atoms with van der Waals surface area (Å²) in [7, 11) is 1.30. The summed E-state index contributed by atoms with van der Waals surface area (Å²) < 4.78 is 28.8. The Morgan fingerprint density at radius 3 is 2.44 bits per heavy atom. The van der Waals surface area contributed by atoms with E-state index in [4.69, 9.17) is 0 Å². The van der Waals surface area contributed by atoms with Gasteiger partial charge in [-0.05, 0) is 0 Å². The van der Waals surface area contributed by atoms with Gasteiger partial charge in [-0.2, -0.15) is 8.78 Å². The van der Waals surface area contributed by atoms with Gasteiger partial charge in [-0.15, -0.1) is 0 Å². The average molecular weight is 150 g/mol. The van der Waals surface area contributed by atoms with Crippen LogP contribution in [0.3, 0.4) is 0 Å². The van der Waals surface area contributed by atoms with Crippen molar-refractivity contribution < 1.29 is 13.5 Å². The molecule has 1 rings (SSSR count). The summed E-state index contributed by atoms with van der Waals surface area (Å²) in [5.74, 6) is -0.0301. The minimum atomic E-state index is -0.616. The minimum Gasteiger partial charge on any atom is -0.493 e. The fourth-order valence-corrected chi connectivity index (χ4v) is 1.04. The first-order chi connectivity index (χ1) is 4.24. The van der Waals surface area contributed by atoms with Crippen molar-refractivity contribution in [2.24, 2.45) is 0 Å². The molecule has 1 nitrogen and oxygen atoms in total. The Morgan fingerprint density at radius 2 is 2.22 bits per heavy atom. The first-order valence-electron chi connectivity index (χ1n) is 2.23. The first kappa shape index (κ1) is 6.48. The number of halogens is 2. The van der Waals surface area contributed by atoms with Gasteiger partial charge in [0.15, 0.2) is 10.9 Å². The third-order valence-corrected chi connectivity index (χ3v) is 1.54. The fraction of sp³-hybridized carbons (Fsp3) is 0.200. The molecule has 9 heavy (non-hydrogen) atoms. The van der Waals surface area contributed by atoms with Crippen molar-refractivity contribution in [1.29, 1.82) is 0 Å². The predicted molar refractivity (Wildman–Crippen MR) is 30.8 cm³/mol. The van der Waals surface area contributed by atoms with E-state index in [0.717, 1.165) is 6.07 Å². The van der Waals surface area contributed by atoms with Crippen LogP contribution in [0.1, 0.15) is 0 Å². The van der Waals surface area contributed by atoms with E-state index in [1.54, 1.807) is 0 Å². The lowest BCUT2D eigenvalue weighted by molar-refractivity contribution is 0.392. The summed E-state index contributed by atoms with van der Waals surface area (Å²) in [4.78, 5) is 0. The van der Waals surface area contributed by atoms with Gasteiger partial charge in [0, 0.05) is 6.07 Å². The molecule has 0 amide bonds. The van der Waals surface area contributed by atoms with Crippen LogP contribution in [0.15, 0.2) is 6.07 Å². The predicted octanol–water partition coefficient (Wildman–Crippen LogP) is 2.03. The molecule has 1 aromatic rings. The van der Waals surface area contributed by atoms with E-state index in [2.05, 4.69) is 4.74 Å². The topological polar surface area (TPSA) is 9.23 Å². The van der Waals surface area contributed by atoms with Gasteiger partial charge in [0.05, 0.1) is 7.11 Å². The zero-order valence-corrected chi connectivity index (χ0v) is 5.47. The summed E-state index contributed by atoms with van der Waals surface area (Å²) in [6, 6.07) is 1.01. The Hall–Kier alpha value is -0.640. The van der Waals surface area contributed by atoms with Crippen LogP contribution in [0.5, 0.6) is 5.75 Å². The Bertz CT molecular complexity index is 209. The maximum atomic E-state index is 12.3. The molecule has 0 aliphatic carbocycles. The maximum absolute atomic E-state index is 12.3. The second kappa shape index (κ2) is 2.31. The van der Waals surface area contributed by atoms with E-state index >= 15 is 0 Å². The Balaban J connectivity index is 3.01. The quantitative estimate of drug-likeness (QED) is 0.595. The van der Waals surface area contributed by atoms with Crippen molar-refractivity contribution in [3.63, 3.8) is 0 Å². The number of methoxy groups -OCH3 is 1. The molecule has 0 aliphatic heterocycles. The van der Waals surface area contributed by atoms with E-state index in [0.29, 0.717) is 11.3 Å². The van der Waals surface area contributed by atoms with Crippen LogP contribution < -0.4 is 4.74 Å². The highest BCUT2D eigenvalue weighted by molar-refractivity contribution is 7.08. The summed E-state index contributed by atoms with van der Waals surface area (Å²) in [6.45, 7) is 0. The van der Waals surface area contributed by atoms with Crippen molar-refractivity contribution in [2.45, 2.75) is 0 Å². The van der Waals surface area contributed by atoms with E-state index in [9.17, 15) is 8.78 Å². The molecule has 0 atom stereocenters. The van der Waals surface area contributed by atoms with E-state index in [1.165, 1.54) is 7.11 Å². The lowest BCUT2D eigenvalue weighted by Crippen LogP contribution is -1.79. The lowest BCUT2D eigenvalue weighted by atomic mass is 10.6.